The molecule has 23 heavy (non-hydrogen) atoms. The van der Waals surface area contributed by atoms with E-state index in [1.165, 1.54) is 21.6 Å². The highest BCUT2D eigenvalue weighted by atomic mass is 32.1. The van der Waals surface area contributed by atoms with Crippen molar-refractivity contribution in [2.75, 3.05) is 25.0 Å². The number of anilines is 1. The van der Waals surface area contributed by atoms with Crippen LogP contribution in [-0.2, 0) is 4.74 Å². The molecule has 1 amide bonds. The fourth-order valence-electron chi connectivity index (χ4n) is 2.75. The summed E-state index contributed by atoms with van der Waals surface area (Å²) in [6.45, 7) is 8.02. The van der Waals surface area contributed by atoms with E-state index in [0.717, 1.165) is 31.9 Å². The van der Waals surface area contributed by atoms with Crippen molar-refractivity contribution in [3.63, 3.8) is 0 Å². The summed E-state index contributed by atoms with van der Waals surface area (Å²) in [7, 11) is 0. The van der Waals surface area contributed by atoms with E-state index in [0.29, 0.717) is 5.92 Å². The van der Waals surface area contributed by atoms with Crippen molar-refractivity contribution in [1.82, 2.24) is 9.27 Å². The van der Waals surface area contributed by atoms with Gasteiger partial charge >= 0.3 is 6.09 Å². The summed E-state index contributed by atoms with van der Waals surface area (Å²) >= 11 is 1.51. The molecule has 1 atom stereocenters. The van der Waals surface area contributed by atoms with Gasteiger partial charge in [-0.25, -0.2) is 4.79 Å². The summed E-state index contributed by atoms with van der Waals surface area (Å²) in [6, 6.07) is 8.22. The van der Waals surface area contributed by atoms with Crippen LogP contribution >= 0.6 is 11.5 Å². The van der Waals surface area contributed by atoms with Gasteiger partial charge in [0.25, 0.3) is 0 Å². The van der Waals surface area contributed by atoms with Gasteiger partial charge in [-0.1, -0.05) is 12.1 Å². The van der Waals surface area contributed by atoms with Crippen molar-refractivity contribution in [1.29, 1.82) is 0 Å². The van der Waals surface area contributed by atoms with Gasteiger partial charge in [-0.15, -0.1) is 0 Å². The van der Waals surface area contributed by atoms with E-state index in [4.69, 9.17) is 4.74 Å². The van der Waals surface area contributed by atoms with Crippen LogP contribution in [0, 0.1) is 5.92 Å². The van der Waals surface area contributed by atoms with Crippen molar-refractivity contribution in [2.24, 2.45) is 5.92 Å². The van der Waals surface area contributed by atoms with Gasteiger partial charge in [0.1, 0.15) is 11.4 Å². The predicted molar refractivity (Wildman–Crippen MR) is 94.0 cm³/mol. The number of fused-ring (bicyclic) bond motifs is 1. The van der Waals surface area contributed by atoms with Crippen LogP contribution in [0.2, 0.25) is 0 Å². The van der Waals surface area contributed by atoms with Crippen LogP contribution in [-0.4, -0.2) is 40.6 Å². The Kier molecular flexibility index (Phi) is 4.43. The topological polar surface area (TPSA) is 54.5 Å². The minimum absolute atomic E-state index is 0.209. The largest absolute Gasteiger partial charge is 0.444 e. The molecule has 2 heterocycles. The van der Waals surface area contributed by atoms with Crippen LogP contribution in [0.5, 0.6) is 0 Å². The molecule has 0 spiro atoms. The molecule has 5 nitrogen and oxygen atoms in total. The Labute approximate surface area is 140 Å². The quantitative estimate of drug-likeness (QED) is 0.923. The van der Waals surface area contributed by atoms with Crippen molar-refractivity contribution in [3.05, 3.63) is 24.3 Å². The summed E-state index contributed by atoms with van der Waals surface area (Å²) < 4.78 is 11.1. The second-order valence-electron chi connectivity index (χ2n) is 6.99. The molecule has 2 aromatic rings. The maximum absolute atomic E-state index is 12.1. The molecular formula is C17H23N3O2S. The Morgan fingerprint density at radius 2 is 2.22 bits per heavy atom. The van der Waals surface area contributed by atoms with Crippen LogP contribution in [0.15, 0.2) is 24.3 Å². The third kappa shape index (κ3) is 3.93. The summed E-state index contributed by atoms with van der Waals surface area (Å²) in [6.07, 6.45) is 0.785. The number of hydrogen-bond donors (Lipinski definition) is 1. The number of likely N-dealkylation sites (tertiary alicyclic amines) is 1. The standard InChI is InChI=1S/C17H23N3O2S/c1-17(2,3)22-16(21)20-9-8-12(11-20)10-18-15-13-6-4-5-7-14(13)23-19-15/h4-7,12H,8-11H2,1-3H3,(H,18,19)/t12-/m1/s1. The van der Waals surface area contributed by atoms with Gasteiger partial charge in [0, 0.05) is 25.0 Å². The van der Waals surface area contributed by atoms with E-state index in [-0.39, 0.29) is 6.09 Å². The van der Waals surface area contributed by atoms with Crippen molar-refractivity contribution >= 4 is 33.5 Å². The number of ether oxygens (including phenoxy) is 1. The number of benzene rings is 1. The molecule has 0 saturated carbocycles. The first-order chi connectivity index (χ1) is 10.9. The van der Waals surface area contributed by atoms with Gasteiger partial charge in [-0.3, -0.25) is 0 Å². The molecule has 3 rings (SSSR count). The zero-order valence-corrected chi connectivity index (χ0v) is 14.7. The maximum atomic E-state index is 12.1. The first-order valence-electron chi connectivity index (χ1n) is 7.98. The van der Waals surface area contributed by atoms with E-state index >= 15 is 0 Å². The molecule has 1 aliphatic rings. The molecule has 1 N–H and O–H groups in total. The van der Waals surface area contributed by atoms with Gasteiger partial charge in [0.05, 0.1) is 4.70 Å². The van der Waals surface area contributed by atoms with Crippen molar-refractivity contribution in [3.8, 4) is 0 Å². The van der Waals surface area contributed by atoms with Crippen LogP contribution in [0.1, 0.15) is 27.2 Å². The van der Waals surface area contributed by atoms with E-state index in [2.05, 4.69) is 21.8 Å². The van der Waals surface area contributed by atoms with Gasteiger partial charge in [-0.05, 0) is 56.8 Å². The molecule has 1 aromatic heterocycles. The lowest BCUT2D eigenvalue weighted by Crippen LogP contribution is -2.35. The summed E-state index contributed by atoms with van der Waals surface area (Å²) in [5, 5.41) is 4.60. The predicted octanol–water partition coefficient (Wildman–Crippen LogP) is 3.97. The van der Waals surface area contributed by atoms with E-state index in [1.807, 2.05) is 32.9 Å². The average molecular weight is 333 g/mol. The van der Waals surface area contributed by atoms with E-state index in [1.54, 1.807) is 4.90 Å². The molecule has 0 radical (unpaired) electrons. The van der Waals surface area contributed by atoms with Crippen LogP contribution in [0.25, 0.3) is 10.1 Å². The number of nitrogens with zero attached hydrogens (tertiary/aromatic N) is 2. The molecule has 6 heteroatoms. The highest BCUT2D eigenvalue weighted by Crippen LogP contribution is 2.27. The van der Waals surface area contributed by atoms with Crippen molar-refractivity contribution < 1.29 is 9.53 Å². The number of rotatable bonds is 3. The molecule has 124 valence electrons. The average Bonchev–Trinajstić information content (AvgIpc) is 3.10. The Morgan fingerprint density at radius 3 is 3.00 bits per heavy atom. The highest BCUT2D eigenvalue weighted by Gasteiger charge is 2.29. The Hall–Kier alpha value is -1.82. The second kappa shape index (κ2) is 6.35. The van der Waals surface area contributed by atoms with Crippen molar-refractivity contribution in [2.45, 2.75) is 32.8 Å². The number of aromatic nitrogens is 1. The highest BCUT2D eigenvalue weighted by molar-refractivity contribution is 7.13. The monoisotopic (exact) mass is 333 g/mol. The summed E-state index contributed by atoms with van der Waals surface area (Å²) in [5.74, 6) is 1.38. The number of amides is 1. The lowest BCUT2D eigenvalue weighted by Gasteiger charge is -2.24. The molecule has 0 unspecified atom stereocenters. The fourth-order valence-corrected chi connectivity index (χ4v) is 3.50. The Balaban J connectivity index is 1.53. The number of carbonyl (C=O) groups is 1. The second-order valence-corrected chi connectivity index (χ2v) is 7.79. The molecule has 0 bridgehead atoms. The third-order valence-corrected chi connectivity index (χ3v) is 4.70. The van der Waals surface area contributed by atoms with Crippen LogP contribution in [0.3, 0.4) is 0 Å². The third-order valence-electron chi connectivity index (χ3n) is 3.87. The number of carbonyl (C=O) groups excluding carboxylic acids is 1. The van der Waals surface area contributed by atoms with Gasteiger partial charge < -0.3 is 15.0 Å². The summed E-state index contributed by atoms with van der Waals surface area (Å²) in [4.78, 5) is 13.9. The lowest BCUT2D eigenvalue weighted by atomic mass is 10.1. The van der Waals surface area contributed by atoms with Gasteiger partial charge in [-0.2, -0.15) is 4.37 Å². The van der Waals surface area contributed by atoms with Gasteiger partial charge in [0.2, 0.25) is 0 Å². The zero-order chi connectivity index (χ0) is 16.4. The number of nitrogens with one attached hydrogen (secondary N) is 1. The molecule has 1 fully saturated rings. The minimum Gasteiger partial charge on any atom is -0.444 e. The van der Waals surface area contributed by atoms with E-state index in [9.17, 15) is 4.79 Å². The molecule has 1 aliphatic heterocycles. The van der Waals surface area contributed by atoms with Gasteiger partial charge in [0.15, 0.2) is 0 Å². The SMILES string of the molecule is CC(C)(C)OC(=O)N1CC[C@H](CNc2nsc3ccccc23)C1. The molecule has 0 aliphatic carbocycles. The Morgan fingerprint density at radius 1 is 1.43 bits per heavy atom. The van der Waals surface area contributed by atoms with Crippen LogP contribution in [0.4, 0.5) is 10.6 Å². The molecule has 1 aromatic carbocycles. The van der Waals surface area contributed by atoms with E-state index < -0.39 is 5.60 Å². The molecule has 1 saturated heterocycles. The zero-order valence-electron chi connectivity index (χ0n) is 13.8. The van der Waals surface area contributed by atoms with Crippen LogP contribution < -0.4 is 5.32 Å². The lowest BCUT2D eigenvalue weighted by molar-refractivity contribution is 0.0289. The molecular weight excluding hydrogens is 310 g/mol. The Bertz CT molecular complexity index is 692. The maximum Gasteiger partial charge on any atom is 0.410 e. The first-order valence-corrected chi connectivity index (χ1v) is 8.76. The first kappa shape index (κ1) is 16.1. The number of hydrogen-bond acceptors (Lipinski definition) is 5. The minimum atomic E-state index is -0.438. The fraction of sp³-hybridized carbons (Fsp3) is 0.529. The summed E-state index contributed by atoms with van der Waals surface area (Å²) in [5.41, 5.74) is -0.438. The normalized spacial score (nSPS) is 18.4. The smallest absolute Gasteiger partial charge is 0.410 e.